The topological polar surface area (TPSA) is 3.24 Å². The zero-order valence-corrected chi connectivity index (χ0v) is 15.3. The summed E-state index contributed by atoms with van der Waals surface area (Å²) in [4.78, 5) is 2.36. The standard InChI is InChI=1S/C19H39N/c1-17(13-9-10-14-18(2,3)4)20(8)16-12-11-15-19(5,6)7/h1,9-16H2,2-8H3. The van der Waals surface area contributed by atoms with E-state index < -0.39 is 0 Å². The van der Waals surface area contributed by atoms with E-state index in [4.69, 9.17) is 0 Å². The van der Waals surface area contributed by atoms with Gasteiger partial charge in [0.1, 0.15) is 0 Å². The highest BCUT2D eigenvalue weighted by atomic mass is 15.1. The quantitative estimate of drug-likeness (QED) is 0.451. The van der Waals surface area contributed by atoms with E-state index in [1.807, 2.05) is 0 Å². The molecule has 0 aromatic heterocycles. The smallest absolute Gasteiger partial charge is 0.0171 e. The molecule has 0 saturated carbocycles. The largest absolute Gasteiger partial charge is 0.378 e. The lowest BCUT2D eigenvalue weighted by Crippen LogP contribution is -2.19. The number of allylic oxidation sites excluding steroid dienone is 1. The van der Waals surface area contributed by atoms with Crippen LogP contribution in [0.3, 0.4) is 0 Å². The van der Waals surface area contributed by atoms with Crippen molar-refractivity contribution in [2.24, 2.45) is 10.8 Å². The molecule has 0 fully saturated rings. The Hall–Kier alpha value is -0.460. The highest BCUT2D eigenvalue weighted by Crippen LogP contribution is 2.24. The minimum atomic E-state index is 0.472. The second-order valence-electron chi connectivity index (χ2n) is 8.77. The van der Waals surface area contributed by atoms with Crippen LogP contribution in [0.1, 0.15) is 86.5 Å². The Morgan fingerprint density at radius 2 is 1.25 bits per heavy atom. The van der Waals surface area contributed by atoms with Gasteiger partial charge in [-0.25, -0.2) is 0 Å². The normalized spacial score (nSPS) is 12.6. The Morgan fingerprint density at radius 3 is 1.70 bits per heavy atom. The molecule has 0 spiro atoms. The molecule has 0 aliphatic heterocycles. The highest BCUT2D eigenvalue weighted by Gasteiger charge is 2.11. The first kappa shape index (κ1) is 19.5. The number of unbranched alkanes of at least 4 members (excludes halogenated alkanes) is 2. The van der Waals surface area contributed by atoms with Crippen molar-refractivity contribution in [1.29, 1.82) is 0 Å². The Balaban J connectivity index is 3.67. The zero-order valence-electron chi connectivity index (χ0n) is 15.3. The Kier molecular flexibility index (Phi) is 8.54. The van der Waals surface area contributed by atoms with Crippen molar-refractivity contribution < 1.29 is 0 Å². The predicted octanol–water partition coefficient (Wildman–Crippen LogP) is 6.25. The number of hydrogen-bond acceptors (Lipinski definition) is 1. The van der Waals surface area contributed by atoms with E-state index >= 15 is 0 Å². The van der Waals surface area contributed by atoms with Crippen molar-refractivity contribution >= 4 is 0 Å². The zero-order chi connectivity index (χ0) is 15.8. The van der Waals surface area contributed by atoms with Gasteiger partial charge in [-0.2, -0.15) is 0 Å². The predicted molar refractivity (Wildman–Crippen MR) is 93.0 cm³/mol. The maximum absolute atomic E-state index is 4.24. The molecule has 0 saturated heterocycles. The third-order valence-corrected chi connectivity index (χ3v) is 3.85. The van der Waals surface area contributed by atoms with Crippen LogP contribution in [0.15, 0.2) is 12.3 Å². The Bertz CT molecular complexity index is 264. The third-order valence-electron chi connectivity index (χ3n) is 3.85. The average Bonchev–Trinajstić information content (AvgIpc) is 2.27. The van der Waals surface area contributed by atoms with Gasteiger partial charge >= 0.3 is 0 Å². The van der Waals surface area contributed by atoms with Gasteiger partial charge in [-0.1, -0.05) is 61.0 Å². The first-order valence-corrected chi connectivity index (χ1v) is 8.40. The molecule has 0 aliphatic rings. The molecule has 0 aromatic rings. The van der Waals surface area contributed by atoms with Crippen LogP contribution in [0.25, 0.3) is 0 Å². The fraction of sp³-hybridized carbons (Fsp3) is 0.895. The van der Waals surface area contributed by atoms with Gasteiger partial charge in [0, 0.05) is 19.3 Å². The molecule has 0 amide bonds. The van der Waals surface area contributed by atoms with Gasteiger partial charge in [0.05, 0.1) is 0 Å². The first-order chi connectivity index (χ1) is 9.01. The van der Waals surface area contributed by atoms with E-state index in [2.05, 4.69) is 60.1 Å². The second-order valence-corrected chi connectivity index (χ2v) is 8.77. The fourth-order valence-electron chi connectivity index (χ4n) is 2.34. The van der Waals surface area contributed by atoms with Crippen molar-refractivity contribution in [1.82, 2.24) is 4.90 Å². The van der Waals surface area contributed by atoms with E-state index in [1.165, 1.54) is 44.2 Å². The van der Waals surface area contributed by atoms with E-state index in [0.29, 0.717) is 10.8 Å². The molecular weight excluding hydrogens is 242 g/mol. The highest BCUT2D eigenvalue weighted by molar-refractivity contribution is 4.92. The molecule has 20 heavy (non-hydrogen) atoms. The van der Waals surface area contributed by atoms with Gasteiger partial charge in [0.2, 0.25) is 0 Å². The fourth-order valence-corrected chi connectivity index (χ4v) is 2.34. The minimum absolute atomic E-state index is 0.472. The summed E-state index contributed by atoms with van der Waals surface area (Å²) >= 11 is 0. The first-order valence-electron chi connectivity index (χ1n) is 8.40. The Labute approximate surface area is 128 Å². The van der Waals surface area contributed by atoms with Crippen LogP contribution in [0.2, 0.25) is 0 Å². The van der Waals surface area contributed by atoms with E-state index in [1.54, 1.807) is 0 Å². The van der Waals surface area contributed by atoms with Gasteiger partial charge in [-0.05, 0) is 42.9 Å². The molecule has 0 unspecified atom stereocenters. The monoisotopic (exact) mass is 281 g/mol. The molecule has 0 aliphatic carbocycles. The van der Waals surface area contributed by atoms with Crippen molar-refractivity contribution in [3.05, 3.63) is 12.3 Å². The molecular formula is C19H39N. The maximum atomic E-state index is 4.24. The van der Waals surface area contributed by atoms with Crippen molar-refractivity contribution in [3.63, 3.8) is 0 Å². The summed E-state index contributed by atoms with van der Waals surface area (Å²) < 4.78 is 0. The van der Waals surface area contributed by atoms with Crippen LogP contribution in [-0.4, -0.2) is 18.5 Å². The number of nitrogens with zero attached hydrogens (tertiary/aromatic N) is 1. The van der Waals surface area contributed by atoms with Crippen LogP contribution >= 0.6 is 0 Å². The summed E-state index contributed by atoms with van der Waals surface area (Å²) in [5, 5.41) is 0. The molecule has 0 N–H and O–H groups in total. The van der Waals surface area contributed by atoms with Gasteiger partial charge in [0.15, 0.2) is 0 Å². The number of rotatable bonds is 9. The summed E-state index contributed by atoms with van der Waals surface area (Å²) in [6.07, 6.45) is 9.00. The summed E-state index contributed by atoms with van der Waals surface area (Å²) in [5.41, 5.74) is 2.26. The maximum Gasteiger partial charge on any atom is 0.0171 e. The molecule has 0 atom stereocenters. The Morgan fingerprint density at radius 1 is 0.800 bits per heavy atom. The molecule has 0 heterocycles. The molecule has 1 heteroatoms. The third kappa shape index (κ3) is 12.6. The second kappa shape index (κ2) is 8.74. The minimum Gasteiger partial charge on any atom is -0.378 e. The number of hydrogen-bond donors (Lipinski definition) is 0. The van der Waals surface area contributed by atoms with Crippen LogP contribution in [0.4, 0.5) is 0 Å². The summed E-state index contributed by atoms with van der Waals surface area (Å²) in [7, 11) is 2.20. The van der Waals surface area contributed by atoms with Gasteiger partial charge in [0.25, 0.3) is 0 Å². The molecule has 1 nitrogen and oxygen atoms in total. The van der Waals surface area contributed by atoms with Gasteiger partial charge in [-0.15, -0.1) is 0 Å². The SMILES string of the molecule is C=C(CCCCC(C)(C)C)N(C)CCCCC(C)(C)C. The van der Waals surface area contributed by atoms with E-state index in [-0.39, 0.29) is 0 Å². The van der Waals surface area contributed by atoms with E-state index in [0.717, 1.165) is 13.0 Å². The van der Waals surface area contributed by atoms with Crippen LogP contribution < -0.4 is 0 Å². The van der Waals surface area contributed by atoms with Crippen molar-refractivity contribution in [3.8, 4) is 0 Å². The summed E-state index contributed by atoms with van der Waals surface area (Å²) in [6, 6.07) is 0. The molecule has 120 valence electrons. The summed E-state index contributed by atoms with van der Waals surface area (Å²) in [5.74, 6) is 0. The molecule has 0 bridgehead atoms. The van der Waals surface area contributed by atoms with Crippen LogP contribution in [-0.2, 0) is 0 Å². The van der Waals surface area contributed by atoms with Gasteiger partial charge in [-0.3, -0.25) is 0 Å². The van der Waals surface area contributed by atoms with Crippen molar-refractivity contribution in [2.45, 2.75) is 86.5 Å². The van der Waals surface area contributed by atoms with Crippen LogP contribution in [0, 0.1) is 10.8 Å². The van der Waals surface area contributed by atoms with Crippen molar-refractivity contribution in [2.75, 3.05) is 13.6 Å². The van der Waals surface area contributed by atoms with Gasteiger partial charge < -0.3 is 4.90 Å². The van der Waals surface area contributed by atoms with Crippen LogP contribution in [0.5, 0.6) is 0 Å². The van der Waals surface area contributed by atoms with E-state index in [9.17, 15) is 0 Å². The lowest BCUT2D eigenvalue weighted by atomic mass is 9.89. The lowest BCUT2D eigenvalue weighted by Gasteiger charge is -2.24. The average molecular weight is 282 g/mol. The lowest BCUT2D eigenvalue weighted by molar-refractivity contribution is 0.327. The molecule has 0 rings (SSSR count). The molecule has 0 radical (unpaired) electrons. The molecule has 0 aromatic carbocycles. The summed E-state index contributed by atoms with van der Waals surface area (Å²) in [6.45, 7) is 19.3.